The van der Waals surface area contributed by atoms with Crippen LogP contribution < -0.4 is 9.47 Å². The molecule has 1 heterocycles. The Morgan fingerprint density at radius 1 is 1.10 bits per heavy atom. The topological polar surface area (TPSA) is 83.6 Å². The number of benzene rings is 3. The van der Waals surface area contributed by atoms with Crippen molar-refractivity contribution in [3.8, 4) is 11.5 Å². The predicted octanol–water partition coefficient (Wildman–Crippen LogP) is 5.12. The summed E-state index contributed by atoms with van der Waals surface area (Å²) in [6.07, 6.45) is 0. The first kappa shape index (κ1) is 18.8. The van der Waals surface area contributed by atoms with Gasteiger partial charge in [-0.05, 0) is 42.5 Å². The Kier molecular flexibility index (Phi) is 4.60. The molecule has 4 rings (SSSR count). The summed E-state index contributed by atoms with van der Waals surface area (Å²) < 4.78 is 12.9. The highest BCUT2D eigenvalue weighted by atomic mass is 35.5. The minimum absolute atomic E-state index is 0.0830. The van der Waals surface area contributed by atoms with Crippen molar-refractivity contribution < 1.29 is 19.2 Å². The maximum atomic E-state index is 12.9. The highest BCUT2D eigenvalue weighted by molar-refractivity contribution is 6.32. The van der Waals surface area contributed by atoms with E-state index in [4.69, 9.17) is 21.1 Å². The highest BCUT2D eigenvalue weighted by Gasteiger charge is 2.21. The number of methoxy groups -OCH3 is 1. The van der Waals surface area contributed by atoms with Gasteiger partial charge < -0.3 is 14.0 Å². The second kappa shape index (κ2) is 7.10. The smallest absolute Gasteiger partial charge is 0.344 e. The quantitative estimate of drug-likeness (QED) is 0.202. The number of carbonyl (C=O) groups is 1. The van der Waals surface area contributed by atoms with Crippen LogP contribution in [0.5, 0.6) is 11.5 Å². The fourth-order valence-electron chi connectivity index (χ4n) is 3.43. The van der Waals surface area contributed by atoms with Gasteiger partial charge in [0.25, 0.3) is 5.69 Å². The van der Waals surface area contributed by atoms with Crippen molar-refractivity contribution in [2.45, 2.75) is 0 Å². The lowest BCUT2D eigenvalue weighted by Gasteiger charge is -2.09. The van der Waals surface area contributed by atoms with E-state index in [9.17, 15) is 14.9 Å². The maximum Gasteiger partial charge on any atom is 0.344 e. The summed E-state index contributed by atoms with van der Waals surface area (Å²) in [7, 11) is 3.45. The molecule has 0 aliphatic carbocycles. The van der Waals surface area contributed by atoms with Crippen molar-refractivity contribution in [3.63, 3.8) is 0 Å². The van der Waals surface area contributed by atoms with E-state index in [0.717, 1.165) is 16.4 Å². The Balaban J connectivity index is 1.86. The van der Waals surface area contributed by atoms with E-state index in [0.29, 0.717) is 21.7 Å². The summed E-state index contributed by atoms with van der Waals surface area (Å²) in [5.74, 6) is 0.239. The zero-order chi connectivity index (χ0) is 20.7. The molecule has 0 fully saturated rings. The molecule has 0 amide bonds. The Morgan fingerprint density at radius 2 is 1.83 bits per heavy atom. The lowest BCUT2D eigenvalue weighted by molar-refractivity contribution is -0.384. The minimum Gasteiger partial charge on any atom is -0.495 e. The Labute approximate surface area is 170 Å². The Hall–Kier alpha value is -3.58. The number of carbonyl (C=O) groups excluding carboxylic acids is 1. The van der Waals surface area contributed by atoms with Gasteiger partial charge in [0, 0.05) is 40.5 Å². The maximum absolute atomic E-state index is 12.9. The van der Waals surface area contributed by atoms with Gasteiger partial charge in [-0.3, -0.25) is 10.1 Å². The number of aromatic nitrogens is 1. The average Bonchev–Trinajstić information content (AvgIpc) is 3.00. The van der Waals surface area contributed by atoms with Gasteiger partial charge in [-0.2, -0.15) is 0 Å². The number of rotatable bonds is 4. The molecule has 0 spiro atoms. The molecule has 0 radical (unpaired) electrons. The van der Waals surface area contributed by atoms with E-state index < -0.39 is 10.9 Å². The van der Waals surface area contributed by atoms with Gasteiger partial charge in [0.15, 0.2) is 0 Å². The van der Waals surface area contributed by atoms with Crippen LogP contribution in [0.1, 0.15) is 10.4 Å². The number of esters is 1. The van der Waals surface area contributed by atoms with Crippen molar-refractivity contribution in [3.05, 3.63) is 75.3 Å². The van der Waals surface area contributed by atoms with Crippen LogP contribution in [0.2, 0.25) is 5.02 Å². The van der Waals surface area contributed by atoms with Crippen LogP contribution in [0.3, 0.4) is 0 Å². The van der Waals surface area contributed by atoms with Gasteiger partial charge in [0.1, 0.15) is 11.5 Å². The van der Waals surface area contributed by atoms with E-state index in [-0.39, 0.29) is 11.4 Å². The summed E-state index contributed by atoms with van der Waals surface area (Å²) in [6, 6.07) is 14.1. The highest BCUT2D eigenvalue weighted by Crippen LogP contribution is 2.38. The number of nitro groups is 1. The Morgan fingerprint density at radius 3 is 2.48 bits per heavy atom. The molecular formula is C21H15ClN2O5. The molecule has 0 atom stereocenters. The van der Waals surface area contributed by atoms with E-state index in [1.54, 1.807) is 31.4 Å². The molecule has 8 heteroatoms. The normalized spacial score (nSPS) is 11.0. The second-order valence-corrected chi connectivity index (χ2v) is 6.84. The van der Waals surface area contributed by atoms with Gasteiger partial charge in [-0.1, -0.05) is 11.6 Å². The molecule has 3 aromatic carbocycles. The molecule has 1 aromatic heterocycles. The van der Waals surface area contributed by atoms with E-state index in [1.165, 1.54) is 24.3 Å². The van der Waals surface area contributed by atoms with Gasteiger partial charge >= 0.3 is 5.97 Å². The Bertz CT molecular complexity index is 1280. The summed E-state index contributed by atoms with van der Waals surface area (Å²) in [6.45, 7) is 0. The monoisotopic (exact) mass is 410 g/mol. The summed E-state index contributed by atoms with van der Waals surface area (Å²) in [4.78, 5) is 23.2. The zero-order valence-electron chi connectivity index (χ0n) is 15.5. The third kappa shape index (κ3) is 3.15. The van der Waals surface area contributed by atoms with Crippen LogP contribution in [0.4, 0.5) is 5.69 Å². The van der Waals surface area contributed by atoms with Gasteiger partial charge in [0.2, 0.25) is 0 Å². The first-order chi connectivity index (χ1) is 13.9. The number of halogens is 1. The minimum atomic E-state index is -0.584. The van der Waals surface area contributed by atoms with Crippen LogP contribution in [0.15, 0.2) is 54.6 Å². The third-order valence-electron chi connectivity index (χ3n) is 4.76. The molecule has 146 valence electrons. The lowest BCUT2D eigenvalue weighted by Crippen LogP contribution is -2.09. The molecule has 0 saturated carbocycles. The van der Waals surface area contributed by atoms with Crippen LogP contribution in [0.25, 0.3) is 21.8 Å². The van der Waals surface area contributed by atoms with Crippen molar-refractivity contribution in [1.82, 2.24) is 4.57 Å². The van der Waals surface area contributed by atoms with Crippen molar-refractivity contribution in [2.75, 3.05) is 7.11 Å². The van der Waals surface area contributed by atoms with Crippen LogP contribution in [0, 0.1) is 10.1 Å². The van der Waals surface area contributed by atoms with Gasteiger partial charge in [-0.25, -0.2) is 4.79 Å². The van der Waals surface area contributed by atoms with E-state index in [1.807, 2.05) is 17.7 Å². The summed E-state index contributed by atoms with van der Waals surface area (Å²) >= 11 is 6.19. The molecule has 0 N–H and O–H groups in total. The summed E-state index contributed by atoms with van der Waals surface area (Å²) in [5.41, 5.74) is 1.88. The van der Waals surface area contributed by atoms with Crippen LogP contribution in [-0.2, 0) is 7.05 Å². The van der Waals surface area contributed by atoms with Crippen molar-refractivity contribution >= 4 is 45.1 Å². The molecule has 0 aliphatic rings. The average molecular weight is 411 g/mol. The SMILES string of the molecule is COc1ccc(C(=O)Oc2ccc([N+](=O)[O-])cc2)c2c3cc(Cl)ccc3n(C)c12. The van der Waals surface area contributed by atoms with Crippen LogP contribution >= 0.6 is 11.6 Å². The van der Waals surface area contributed by atoms with Crippen LogP contribution in [-0.4, -0.2) is 22.6 Å². The number of hydrogen-bond acceptors (Lipinski definition) is 5. The molecule has 7 nitrogen and oxygen atoms in total. The molecule has 0 aliphatic heterocycles. The fourth-order valence-corrected chi connectivity index (χ4v) is 3.60. The largest absolute Gasteiger partial charge is 0.495 e. The molecule has 0 saturated heterocycles. The molecule has 29 heavy (non-hydrogen) atoms. The first-order valence-electron chi connectivity index (χ1n) is 8.62. The third-order valence-corrected chi connectivity index (χ3v) is 5.00. The molecule has 0 unspecified atom stereocenters. The number of hydrogen-bond donors (Lipinski definition) is 0. The van der Waals surface area contributed by atoms with Gasteiger partial charge in [0.05, 0.1) is 23.1 Å². The number of non-ortho nitro benzene ring substituents is 1. The number of ether oxygens (including phenoxy) is 2. The van der Waals surface area contributed by atoms with E-state index >= 15 is 0 Å². The van der Waals surface area contributed by atoms with E-state index in [2.05, 4.69) is 0 Å². The number of aryl methyl sites for hydroxylation is 1. The lowest BCUT2D eigenvalue weighted by atomic mass is 10.1. The van der Waals surface area contributed by atoms with Crippen molar-refractivity contribution in [2.24, 2.45) is 7.05 Å². The number of nitro benzene ring substituents is 1. The van der Waals surface area contributed by atoms with Gasteiger partial charge in [-0.15, -0.1) is 0 Å². The second-order valence-electron chi connectivity index (χ2n) is 6.40. The summed E-state index contributed by atoms with van der Waals surface area (Å²) in [5, 5.41) is 12.8. The number of nitrogens with zero attached hydrogens (tertiary/aromatic N) is 2. The fraction of sp³-hybridized carbons (Fsp3) is 0.0952. The molecule has 4 aromatic rings. The predicted molar refractivity (Wildman–Crippen MR) is 110 cm³/mol. The number of fused-ring (bicyclic) bond motifs is 3. The molecule has 0 bridgehead atoms. The standard InChI is InChI=1S/C21H15ClN2O5/c1-23-17-9-3-12(22)11-16(17)19-15(8-10-18(28-2)20(19)23)21(25)29-14-6-4-13(5-7-14)24(26)27/h3-11H,1-2H3. The molecular weight excluding hydrogens is 396 g/mol. The van der Waals surface area contributed by atoms with Crippen molar-refractivity contribution in [1.29, 1.82) is 0 Å². The zero-order valence-corrected chi connectivity index (χ0v) is 16.3. The first-order valence-corrected chi connectivity index (χ1v) is 8.99.